The third-order valence-electron chi connectivity index (χ3n) is 6.13. The fourth-order valence-electron chi connectivity index (χ4n) is 4.31. The average Bonchev–Trinajstić information content (AvgIpc) is 3.23. The quantitative estimate of drug-likeness (QED) is 0.289. The maximum Gasteiger partial charge on any atom is 0.224 e. The molecular weight excluding hydrogens is 438 g/mol. The van der Waals surface area contributed by atoms with Gasteiger partial charge in [-0.05, 0) is 48.2 Å². The number of rotatable bonds is 12. The van der Waals surface area contributed by atoms with Gasteiger partial charge in [-0.25, -0.2) is 4.98 Å². The van der Waals surface area contributed by atoms with E-state index in [0.29, 0.717) is 24.5 Å². The van der Waals surface area contributed by atoms with Crippen molar-refractivity contribution in [1.82, 2.24) is 14.9 Å². The number of hydrogen-bond acceptors (Lipinski definition) is 4. The lowest BCUT2D eigenvalue weighted by atomic mass is 10.1. The molecule has 6 heteroatoms. The molecule has 0 atom stereocenters. The second-order valence-electron chi connectivity index (χ2n) is 8.62. The first-order chi connectivity index (χ1) is 17.2. The molecule has 3 aromatic carbocycles. The van der Waals surface area contributed by atoms with E-state index in [9.17, 15) is 4.79 Å². The van der Waals surface area contributed by atoms with Crippen molar-refractivity contribution in [2.75, 3.05) is 20.8 Å². The minimum atomic E-state index is 0.0156. The second-order valence-corrected chi connectivity index (χ2v) is 8.62. The van der Waals surface area contributed by atoms with Gasteiger partial charge in [-0.15, -0.1) is 0 Å². The number of hydrogen-bond donors (Lipinski definition) is 1. The molecule has 1 heterocycles. The molecule has 1 amide bonds. The van der Waals surface area contributed by atoms with Crippen LogP contribution < -0.4 is 14.8 Å². The summed E-state index contributed by atoms with van der Waals surface area (Å²) in [5.74, 6) is 2.43. The Balaban J connectivity index is 1.25. The van der Waals surface area contributed by atoms with Crippen molar-refractivity contribution in [3.63, 3.8) is 0 Å². The highest BCUT2D eigenvalue weighted by atomic mass is 16.5. The molecule has 0 aliphatic heterocycles. The zero-order valence-corrected chi connectivity index (χ0v) is 20.5. The van der Waals surface area contributed by atoms with Crippen LogP contribution in [0, 0.1) is 0 Å². The van der Waals surface area contributed by atoms with Gasteiger partial charge in [0.25, 0.3) is 0 Å². The van der Waals surface area contributed by atoms with E-state index in [-0.39, 0.29) is 5.91 Å². The molecule has 4 rings (SSSR count). The topological polar surface area (TPSA) is 65.4 Å². The van der Waals surface area contributed by atoms with E-state index >= 15 is 0 Å². The van der Waals surface area contributed by atoms with Gasteiger partial charge in [0.15, 0.2) is 11.5 Å². The third kappa shape index (κ3) is 6.41. The molecule has 0 spiro atoms. The molecule has 35 heavy (non-hydrogen) atoms. The van der Waals surface area contributed by atoms with Gasteiger partial charge in [0.2, 0.25) is 5.91 Å². The van der Waals surface area contributed by atoms with Crippen LogP contribution in [0.2, 0.25) is 0 Å². The van der Waals surface area contributed by atoms with Gasteiger partial charge in [0, 0.05) is 19.5 Å². The predicted octanol–water partition coefficient (Wildman–Crippen LogP) is 5.17. The summed E-state index contributed by atoms with van der Waals surface area (Å²) in [6.07, 6.45) is 4.25. The van der Waals surface area contributed by atoms with E-state index in [4.69, 9.17) is 14.5 Å². The van der Waals surface area contributed by atoms with Crippen molar-refractivity contribution in [1.29, 1.82) is 0 Å². The molecule has 0 aliphatic rings. The molecule has 4 aromatic rings. The van der Waals surface area contributed by atoms with Crippen LogP contribution >= 0.6 is 0 Å². The monoisotopic (exact) mass is 471 g/mol. The Labute approximate surface area is 206 Å². The minimum absolute atomic E-state index is 0.0156. The number of nitrogens with one attached hydrogen (secondary N) is 1. The van der Waals surface area contributed by atoms with Crippen molar-refractivity contribution < 1.29 is 14.3 Å². The van der Waals surface area contributed by atoms with Crippen LogP contribution in [0.3, 0.4) is 0 Å². The number of benzene rings is 3. The van der Waals surface area contributed by atoms with Crippen molar-refractivity contribution in [2.45, 2.75) is 38.6 Å². The number of methoxy groups -OCH3 is 2. The van der Waals surface area contributed by atoms with Crippen molar-refractivity contribution in [3.05, 3.63) is 89.7 Å². The highest BCUT2D eigenvalue weighted by Gasteiger charge is 2.11. The molecule has 0 unspecified atom stereocenters. The number of fused-ring (bicyclic) bond motifs is 1. The summed E-state index contributed by atoms with van der Waals surface area (Å²) in [6.45, 7) is 1.50. The Kier molecular flexibility index (Phi) is 8.39. The Morgan fingerprint density at radius 3 is 2.43 bits per heavy atom. The summed E-state index contributed by atoms with van der Waals surface area (Å²) in [5.41, 5.74) is 4.39. The summed E-state index contributed by atoms with van der Waals surface area (Å²) in [4.78, 5) is 17.2. The van der Waals surface area contributed by atoms with Gasteiger partial charge >= 0.3 is 0 Å². The van der Waals surface area contributed by atoms with Gasteiger partial charge in [0.05, 0.1) is 31.7 Å². The number of carbonyl (C=O) groups excluding carboxylic acids is 1. The Hall–Kier alpha value is -3.80. The van der Waals surface area contributed by atoms with Crippen LogP contribution in [0.15, 0.2) is 72.8 Å². The molecular formula is C29H33N3O3. The zero-order valence-electron chi connectivity index (χ0n) is 20.5. The Morgan fingerprint density at radius 2 is 1.63 bits per heavy atom. The minimum Gasteiger partial charge on any atom is -0.493 e. The van der Waals surface area contributed by atoms with Crippen LogP contribution in [0.25, 0.3) is 11.0 Å². The van der Waals surface area contributed by atoms with Gasteiger partial charge in [0.1, 0.15) is 5.82 Å². The molecule has 0 saturated carbocycles. The van der Waals surface area contributed by atoms with E-state index in [1.54, 1.807) is 14.2 Å². The smallest absolute Gasteiger partial charge is 0.224 e. The van der Waals surface area contributed by atoms with E-state index in [1.165, 1.54) is 11.1 Å². The molecule has 0 bridgehead atoms. The first-order valence-corrected chi connectivity index (χ1v) is 12.1. The van der Waals surface area contributed by atoms with Crippen LogP contribution in [0.4, 0.5) is 0 Å². The molecule has 0 radical (unpaired) electrons. The summed E-state index contributed by atoms with van der Waals surface area (Å²) in [5, 5.41) is 3.03. The second kappa shape index (κ2) is 12.1. The maximum atomic E-state index is 12.3. The number of ether oxygens (including phenoxy) is 2. The fourth-order valence-corrected chi connectivity index (χ4v) is 4.31. The lowest BCUT2D eigenvalue weighted by Crippen LogP contribution is -2.26. The molecule has 6 nitrogen and oxygen atoms in total. The summed E-state index contributed by atoms with van der Waals surface area (Å²) in [6, 6.07) is 24.4. The lowest BCUT2D eigenvalue weighted by Gasteiger charge is -2.10. The number of para-hydroxylation sites is 2. The van der Waals surface area contributed by atoms with E-state index in [0.717, 1.165) is 49.1 Å². The van der Waals surface area contributed by atoms with Crippen LogP contribution in [0.5, 0.6) is 11.5 Å². The van der Waals surface area contributed by atoms with Crippen molar-refractivity contribution in [3.8, 4) is 11.5 Å². The molecule has 1 N–H and O–H groups in total. The van der Waals surface area contributed by atoms with Crippen LogP contribution in [-0.2, 0) is 24.2 Å². The number of aromatic nitrogens is 2. The molecule has 182 valence electrons. The van der Waals surface area contributed by atoms with Crippen LogP contribution in [-0.4, -0.2) is 36.2 Å². The highest BCUT2D eigenvalue weighted by molar-refractivity contribution is 5.78. The number of imidazole rings is 1. The molecule has 0 fully saturated rings. The lowest BCUT2D eigenvalue weighted by molar-refractivity contribution is -0.120. The number of unbranched alkanes of at least 4 members (excludes halogenated alkanes) is 2. The SMILES string of the molecule is COc1ccc(CC(=O)NCCCCCc2nc3ccccc3n2Cc2ccccc2)cc1OC. The number of amides is 1. The van der Waals surface area contributed by atoms with Crippen LogP contribution in [0.1, 0.15) is 36.2 Å². The van der Waals surface area contributed by atoms with E-state index in [1.807, 2.05) is 30.3 Å². The zero-order chi connectivity index (χ0) is 24.5. The van der Waals surface area contributed by atoms with Crippen molar-refractivity contribution in [2.24, 2.45) is 0 Å². The van der Waals surface area contributed by atoms with Crippen molar-refractivity contribution >= 4 is 16.9 Å². The summed E-state index contributed by atoms with van der Waals surface area (Å²) in [7, 11) is 3.20. The number of nitrogens with zero attached hydrogens (tertiary/aromatic N) is 2. The summed E-state index contributed by atoms with van der Waals surface area (Å²) >= 11 is 0. The van der Waals surface area contributed by atoms with E-state index < -0.39 is 0 Å². The molecule has 0 saturated heterocycles. The number of carbonyl (C=O) groups is 1. The highest BCUT2D eigenvalue weighted by Crippen LogP contribution is 2.27. The Morgan fingerprint density at radius 1 is 0.857 bits per heavy atom. The summed E-state index contributed by atoms with van der Waals surface area (Å²) < 4.78 is 12.9. The van der Waals surface area contributed by atoms with Gasteiger partial charge < -0.3 is 19.4 Å². The largest absolute Gasteiger partial charge is 0.493 e. The number of aryl methyl sites for hydroxylation is 1. The first-order valence-electron chi connectivity index (χ1n) is 12.1. The first kappa shape index (κ1) is 24.3. The molecule has 1 aromatic heterocycles. The van der Waals surface area contributed by atoms with E-state index in [2.05, 4.69) is 52.3 Å². The molecule has 0 aliphatic carbocycles. The standard InChI is InChI=1S/C29H33N3O3/c1-34-26-17-16-23(19-27(26)35-2)20-29(33)30-18-10-4-7-15-28-31-24-13-8-9-14-25(24)32(28)21-22-11-5-3-6-12-22/h3,5-6,8-9,11-14,16-17,19H,4,7,10,15,18,20-21H2,1-2H3,(H,30,33). The van der Waals surface area contributed by atoms with Gasteiger partial charge in [-0.1, -0.05) is 55.0 Å². The normalized spacial score (nSPS) is 10.9. The fraction of sp³-hybridized carbons (Fsp3) is 0.310. The third-order valence-corrected chi connectivity index (χ3v) is 6.13. The van der Waals surface area contributed by atoms with Gasteiger partial charge in [-0.2, -0.15) is 0 Å². The maximum absolute atomic E-state index is 12.3. The Bertz CT molecular complexity index is 1250. The predicted molar refractivity (Wildman–Crippen MR) is 139 cm³/mol. The van der Waals surface area contributed by atoms with Gasteiger partial charge in [-0.3, -0.25) is 4.79 Å². The average molecular weight is 472 g/mol.